The van der Waals surface area contributed by atoms with E-state index in [1.807, 2.05) is 18.2 Å². The number of methoxy groups -OCH3 is 3. The highest BCUT2D eigenvalue weighted by Gasteiger charge is 2.25. The number of benzene rings is 1. The number of rotatable bonds is 8. The highest BCUT2D eigenvalue weighted by molar-refractivity contribution is 5.90. The Kier molecular flexibility index (Phi) is 8.13. The molecule has 0 aliphatic carbocycles. The molecule has 0 atom stereocenters. The second-order valence-corrected chi connectivity index (χ2v) is 7.58. The second-order valence-electron chi connectivity index (χ2n) is 7.58. The number of ether oxygens (including phenoxy) is 3. The molecule has 0 saturated carbocycles. The van der Waals surface area contributed by atoms with Gasteiger partial charge in [-0.25, -0.2) is 4.79 Å². The number of anilines is 1. The Hall–Kier alpha value is -3.49. The number of pyridine rings is 1. The summed E-state index contributed by atoms with van der Waals surface area (Å²) in [6.45, 7) is 1.61. The van der Waals surface area contributed by atoms with Gasteiger partial charge in [-0.1, -0.05) is 6.07 Å². The zero-order chi connectivity index (χ0) is 22.9. The molecule has 1 aromatic heterocycles. The molecule has 0 bridgehead atoms. The van der Waals surface area contributed by atoms with Crippen LogP contribution in [0.25, 0.3) is 0 Å². The van der Waals surface area contributed by atoms with Crippen LogP contribution in [0.5, 0.6) is 17.2 Å². The summed E-state index contributed by atoms with van der Waals surface area (Å²) in [6.07, 6.45) is 3.72. The minimum atomic E-state index is -0.197. The minimum Gasteiger partial charge on any atom is -0.493 e. The molecule has 1 saturated heterocycles. The van der Waals surface area contributed by atoms with Crippen molar-refractivity contribution in [2.45, 2.75) is 25.8 Å². The van der Waals surface area contributed by atoms with Gasteiger partial charge in [0.05, 0.1) is 39.3 Å². The molecule has 0 spiro atoms. The van der Waals surface area contributed by atoms with Gasteiger partial charge in [0.15, 0.2) is 11.5 Å². The van der Waals surface area contributed by atoms with E-state index in [-0.39, 0.29) is 17.9 Å². The number of amides is 3. The number of piperidine rings is 1. The molecule has 1 aromatic carbocycles. The summed E-state index contributed by atoms with van der Waals surface area (Å²) in [5.74, 6) is 1.67. The molecule has 1 aliphatic rings. The van der Waals surface area contributed by atoms with E-state index in [4.69, 9.17) is 14.2 Å². The number of hydrogen-bond donors (Lipinski definition) is 2. The largest absolute Gasteiger partial charge is 0.493 e. The molecule has 0 radical (unpaired) electrons. The number of carbonyl (C=O) groups is 2. The minimum absolute atomic E-state index is 0.0102. The molecule has 1 aliphatic heterocycles. The van der Waals surface area contributed by atoms with Crippen molar-refractivity contribution >= 4 is 17.6 Å². The predicted molar refractivity (Wildman–Crippen MR) is 120 cm³/mol. The Labute approximate surface area is 188 Å². The van der Waals surface area contributed by atoms with Crippen molar-refractivity contribution in [1.82, 2.24) is 15.2 Å². The van der Waals surface area contributed by atoms with Gasteiger partial charge in [-0.2, -0.15) is 0 Å². The SMILES string of the molecule is COc1cc(NC(=O)N2CCC(CC(=O)NCc3ccccn3)CC2)cc(OC)c1OC. The lowest BCUT2D eigenvalue weighted by Crippen LogP contribution is -2.41. The van der Waals surface area contributed by atoms with Crippen LogP contribution in [0.2, 0.25) is 0 Å². The Bertz CT molecular complexity index is 889. The van der Waals surface area contributed by atoms with E-state index < -0.39 is 0 Å². The third-order valence-electron chi connectivity index (χ3n) is 5.48. The Morgan fingerprint density at radius 3 is 2.31 bits per heavy atom. The van der Waals surface area contributed by atoms with E-state index in [1.54, 1.807) is 23.2 Å². The van der Waals surface area contributed by atoms with Crippen LogP contribution < -0.4 is 24.8 Å². The number of hydrogen-bond acceptors (Lipinski definition) is 6. The van der Waals surface area contributed by atoms with Crippen molar-refractivity contribution < 1.29 is 23.8 Å². The van der Waals surface area contributed by atoms with Crippen LogP contribution in [0.3, 0.4) is 0 Å². The maximum absolute atomic E-state index is 12.7. The summed E-state index contributed by atoms with van der Waals surface area (Å²) in [7, 11) is 4.59. The van der Waals surface area contributed by atoms with Gasteiger partial charge in [-0.3, -0.25) is 9.78 Å². The summed E-state index contributed by atoms with van der Waals surface area (Å²) >= 11 is 0. The molecule has 32 heavy (non-hydrogen) atoms. The van der Waals surface area contributed by atoms with E-state index in [1.165, 1.54) is 21.3 Å². The summed E-state index contributed by atoms with van der Waals surface area (Å²) in [5, 5.41) is 5.81. The van der Waals surface area contributed by atoms with Crippen LogP contribution >= 0.6 is 0 Å². The third kappa shape index (κ3) is 6.03. The number of aromatic nitrogens is 1. The number of nitrogens with one attached hydrogen (secondary N) is 2. The van der Waals surface area contributed by atoms with Gasteiger partial charge in [0.2, 0.25) is 11.7 Å². The first-order chi connectivity index (χ1) is 15.5. The van der Waals surface area contributed by atoms with Crippen LogP contribution in [0.1, 0.15) is 25.0 Å². The molecule has 9 nitrogen and oxygen atoms in total. The molecule has 3 amide bonds. The second kappa shape index (κ2) is 11.2. The predicted octanol–water partition coefficient (Wildman–Crippen LogP) is 3.06. The van der Waals surface area contributed by atoms with Crippen LogP contribution in [0.15, 0.2) is 36.5 Å². The molecular formula is C23H30N4O5. The van der Waals surface area contributed by atoms with E-state index >= 15 is 0 Å². The summed E-state index contributed by atoms with van der Waals surface area (Å²) < 4.78 is 16.0. The highest BCUT2D eigenvalue weighted by Crippen LogP contribution is 2.40. The molecule has 0 unspecified atom stereocenters. The quantitative estimate of drug-likeness (QED) is 0.652. The van der Waals surface area contributed by atoms with Crippen LogP contribution in [-0.4, -0.2) is 56.2 Å². The summed E-state index contributed by atoms with van der Waals surface area (Å²) in [5.41, 5.74) is 1.39. The van der Waals surface area contributed by atoms with Gasteiger partial charge in [0, 0.05) is 37.8 Å². The Morgan fingerprint density at radius 2 is 1.75 bits per heavy atom. The van der Waals surface area contributed by atoms with Gasteiger partial charge in [0.1, 0.15) is 0 Å². The van der Waals surface area contributed by atoms with Gasteiger partial charge in [-0.05, 0) is 30.9 Å². The Balaban J connectivity index is 1.47. The van der Waals surface area contributed by atoms with Gasteiger partial charge >= 0.3 is 6.03 Å². The van der Waals surface area contributed by atoms with E-state index in [0.717, 1.165) is 18.5 Å². The van der Waals surface area contributed by atoms with Crippen molar-refractivity contribution in [3.63, 3.8) is 0 Å². The van der Waals surface area contributed by atoms with Crippen molar-refractivity contribution in [2.24, 2.45) is 5.92 Å². The topological polar surface area (TPSA) is 102 Å². The summed E-state index contributed by atoms with van der Waals surface area (Å²) in [6, 6.07) is 8.81. The normalized spacial score (nSPS) is 13.9. The van der Waals surface area contributed by atoms with Crippen molar-refractivity contribution in [3.8, 4) is 17.2 Å². The first kappa shape index (κ1) is 23.2. The zero-order valence-corrected chi connectivity index (χ0v) is 18.7. The van der Waals surface area contributed by atoms with Crippen LogP contribution in [0, 0.1) is 5.92 Å². The molecule has 1 fully saturated rings. The lowest BCUT2D eigenvalue weighted by atomic mass is 9.93. The third-order valence-corrected chi connectivity index (χ3v) is 5.48. The monoisotopic (exact) mass is 442 g/mol. The number of urea groups is 1. The first-order valence-electron chi connectivity index (χ1n) is 10.6. The highest BCUT2D eigenvalue weighted by atomic mass is 16.5. The van der Waals surface area contributed by atoms with Crippen molar-refractivity contribution in [1.29, 1.82) is 0 Å². The molecule has 3 rings (SSSR count). The molecule has 2 heterocycles. The number of nitrogens with zero attached hydrogens (tertiary/aromatic N) is 2. The summed E-state index contributed by atoms with van der Waals surface area (Å²) in [4.78, 5) is 30.9. The average Bonchev–Trinajstić information content (AvgIpc) is 2.83. The molecular weight excluding hydrogens is 412 g/mol. The first-order valence-corrected chi connectivity index (χ1v) is 10.6. The molecule has 2 N–H and O–H groups in total. The van der Waals surface area contributed by atoms with E-state index in [2.05, 4.69) is 15.6 Å². The van der Waals surface area contributed by atoms with E-state index in [9.17, 15) is 9.59 Å². The van der Waals surface area contributed by atoms with Gasteiger partial charge in [0.25, 0.3) is 0 Å². The zero-order valence-electron chi connectivity index (χ0n) is 18.7. The molecule has 9 heteroatoms. The van der Waals surface area contributed by atoms with Crippen molar-refractivity contribution in [3.05, 3.63) is 42.2 Å². The number of carbonyl (C=O) groups excluding carboxylic acids is 2. The van der Waals surface area contributed by atoms with Gasteiger partial charge < -0.3 is 29.7 Å². The van der Waals surface area contributed by atoms with Gasteiger partial charge in [-0.15, -0.1) is 0 Å². The lowest BCUT2D eigenvalue weighted by molar-refractivity contribution is -0.122. The van der Waals surface area contributed by atoms with Crippen LogP contribution in [0.4, 0.5) is 10.5 Å². The number of likely N-dealkylation sites (tertiary alicyclic amines) is 1. The fraction of sp³-hybridized carbons (Fsp3) is 0.435. The Morgan fingerprint density at radius 1 is 1.06 bits per heavy atom. The maximum Gasteiger partial charge on any atom is 0.321 e. The fourth-order valence-electron chi connectivity index (χ4n) is 3.72. The van der Waals surface area contributed by atoms with E-state index in [0.29, 0.717) is 49.0 Å². The molecule has 172 valence electrons. The van der Waals surface area contributed by atoms with Crippen molar-refractivity contribution in [2.75, 3.05) is 39.7 Å². The average molecular weight is 443 g/mol. The lowest BCUT2D eigenvalue weighted by Gasteiger charge is -2.31. The maximum atomic E-state index is 12.7. The standard InChI is InChI=1S/C23H30N4O5/c1-30-19-13-18(14-20(31-2)22(19)32-3)26-23(29)27-10-7-16(8-11-27)12-21(28)25-15-17-6-4-5-9-24-17/h4-6,9,13-14,16H,7-8,10-12,15H2,1-3H3,(H,25,28)(H,26,29). The smallest absolute Gasteiger partial charge is 0.321 e. The fourth-order valence-corrected chi connectivity index (χ4v) is 3.72. The van der Waals surface area contributed by atoms with Crippen LogP contribution in [-0.2, 0) is 11.3 Å². The molecule has 2 aromatic rings.